The molecule has 0 N–H and O–H groups in total. The Balaban J connectivity index is 0.00000588. The van der Waals surface area contributed by atoms with Crippen LogP contribution in [0.5, 0.6) is 11.5 Å². The molecule has 223 valence electrons. The number of rotatable bonds is 6. The van der Waals surface area contributed by atoms with Crippen molar-refractivity contribution in [1.29, 1.82) is 0 Å². The van der Waals surface area contributed by atoms with E-state index in [-0.39, 0.29) is 110 Å². The van der Waals surface area contributed by atoms with Crippen LogP contribution in [0.4, 0.5) is 11.4 Å². The average molecular weight is 694 g/mol. The van der Waals surface area contributed by atoms with Crippen LogP contribution in [0, 0.1) is 0 Å². The fraction of sp³-hybridized carbons (Fsp3) is 0.286. The first-order valence-corrected chi connectivity index (χ1v) is 14.8. The van der Waals surface area contributed by atoms with Gasteiger partial charge in [0.2, 0.25) is 0 Å². The molecule has 0 amide bonds. The molecule has 0 aliphatic heterocycles. The van der Waals surface area contributed by atoms with Gasteiger partial charge in [-0.25, -0.2) is 16.8 Å². The Morgan fingerprint density at radius 3 is 1.19 bits per heavy atom. The molecule has 0 aliphatic carbocycles. The predicted octanol–water partition coefficient (Wildman–Crippen LogP) is -2.26. The standard InChI is InChI=1S/C28H32N2O8S2.Cu.2Na/c1-27(2,3)21-13-19(39(33,34)35)11-17(25(21)31)15-29-23-9-7-8-10-24(23)30-16-18-12-20(40(36,37)38)14-22(26(18)32)28(4,5)6;;;/h7-16,31-32H,1-6H3,(H,33,34,35)(H,36,37,38);;;/q;+2;2*+1/p-4. The van der Waals surface area contributed by atoms with Crippen molar-refractivity contribution in [3.63, 3.8) is 0 Å². The van der Waals surface area contributed by atoms with E-state index in [0.29, 0.717) is 0 Å². The van der Waals surface area contributed by atoms with E-state index >= 15 is 0 Å². The molecule has 0 saturated carbocycles. The van der Waals surface area contributed by atoms with Crippen LogP contribution in [0.25, 0.3) is 0 Å². The topological polar surface area (TPSA) is 185 Å². The summed E-state index contributed by atoms with van der Waals surface area (Å²) in [6.45, 7) is 10.2. The van der Waals surface area contributed by atoms with Gasteiger partial charge >= 0.3 is 76.2 Å². The predicted molar refractivity (Wildman–Crippen MR) is 146 cm³/mol. The Kier molecular flexibility index (Phi) is 15.1. The van der Waals surface area contributed by atoms with Gasteiger partial charge in [-0.2, -0.15) is 0 Å². The number of benzene rings is 3. The largest absolute Gasteiger partial charge is 2.00 e. The van der Waals surface area contributed by atoms with Crippen LogP contribution in [0.15, 0.2) is 68.3 Å². The molecule has 0 unspecified atom stereocenters. The van der Waals surface area contributed by atoms with Crippen LogP contribution in [0.1, 0.15) is 63.8 Å². The third-order valence-corrected chi connectivity index (χ3v) is 7.57. The first kappa shape index (κ1) is 41.9. The van der Waals surface area contributed by atoms with Gasteiger partial charge in [0.25, 0.3) is 0 Å². The monoisotopic (exact) mass is 693 g/mol. The minimum atomic E-state index is -4.86. The fourth-order valence-electron chi connectivity index (χ4n) is 3.80. The van der Waals surface area contributed by atoms with Crippen LogP contribution in [0.2, 0.25) is 0 Å². The molecule has 10 nitrogen and oxygen atoms in total. The second-order valence-electron chi connectivity index (χ2n) is 11.2. The van der Waals surface area contributed by atoms with Gasteiger partial charge in [0.15, 0.2) is 0 Å². The summed E-state index contributed by atoms with van der Waals surface area (Å²) in [5, 5.41) is 26.1. The molecule has 3 rings (SSSR count). The van der Waals surface area contributed by atoms with Crippen molar-refractivity contribution in [1.82, 2.24) is 0 Å². The first-order chi connectivity index (χ1) is 18.2. The molecule has 0 saturated heterocycles. The van der Waals surface area contributed by atoms with Crippen LogP contribution in [0.3, 0.4) is 0 Å². The number of aliphatic imine (C=N–C) groups is 2. The van der Waals surface area contributed by atoms with Crippen LogP contribution >= 0.6 is 0 Å². The van der Waals surface area contributed by atoms with Crippen molar-refractivity contribution in [2.45, 2.75) is 62.2 Å². The van der Waals surface area contributed by atoms with E-state index in [0.717, 1.165) is 36.7 Å². The van der Waals surface area contributed by atoms with Gasteiger partial charge in [-0.15, -0.1) is 0 Å². The zero-order chi connectivity index (χ0) is 30.3. The van der Waals surface area contributed by atoms with Crippen LogP contribution in [-0.4, -0.2) is 38.4 Å². The van der Waals surface area contributed by atoms with E-state index in [9.17, 15) is 36.2 Å². The van der Waals surface area contributed by atoms with E-state index in [4.69, 9.17) is 0 Å². The van der Waals surface area contributed by atoms with Crippen molar-refractivity contribution in [3.8, 4) is 11.5 Å². The molecule has 0 spiro atoms. The first-order valence-electron chi connectivity index (χ1n) is 12.0. The van der Waals surface area contributed by atoms with Gasteiger partial charge in [-0.05, 0) is 69.5 Å². The summed E-state index contributed by atoms with van der Waals surface area (Å²) in [5.74, 6) is -0.989. The molecule has 0 fully saturated rings. The molecule has 0 bridgehead atoms. The Bertz CT molecular complexity index is 1620. The molecular formula is C28H28CuN2Na2O8S2. The molecule has 1 radical (unpaired) electrons. The number of nitrogens with zero attached hydrogens (tertiary/aromatic N) is 2. The van der Waals surface area contributed by atoms with Crippen LogP contribution in [-0.2, 0) is 48.1 Å². The molecule has 15 heteroatoms. The van der Waals surface area contributed by atoms with Gasteiger partial charge < -0.3 is 19.3 Å². The van der Waals surface area contributed by atoms with Crippen LogP contribution < -0.4 is 69.3 Å². The van der Waals surface area contributed by atoms with Gasteiger partial charge in [0, 0.05) is 12.4 Å². The maximum absolute atomic E-state index is 13.0. The third-order valence-electron chi connectivity index (χ3n) is 5.94. The molecule has 43 heavy (non-hydrogen) atoms. The quantitative estimate of drug-likeness (QED) is 0.157. The Labute approximate surface area is 307 Å². The summed E-state index contributed by atoms with van der Waals surface area (Å²) in [6, 6.07) is 10.4. The van der Waals surface area contributed by atoms with Crippen molar-refractivity contribution in [2.24, 2.45) is 9.98 Å². The molecular weight excluding hydrogens is 666 g/mol. The maximum atomic E-state index is 13.0. The molecule has 0 aromatic heterocycles. The Morgan fingerprint density at radius 1 is 0.628 bits per heavy atom. The normalized spacial score (nSPS) is 12.5. The SMILES string of the molecule is CC(C)(C)c1cc(S(=O)(=O)[O-])cc(C=Nc2ccccc2N=Cc2cc(S(=O)(=O)[O-])cc(C(C)(C)C)c2[O-])c1[O-].[Cu+2].[Na+].[Na+]. The van der Waals surface area contributed by atoms with E-state index < -0.39 is 52.4 Å². The minimum absolute atomic E-state index is 0. The van der Waals surface area contributed by atoms with Crippen molar-refractivity contribution in [2.75, 3.05) is 0 Å². The summed E-state index contributed by atoms with van der Waals surface area (Å²) in [6.07, 6.45) is 2.25. The van der Waals surface area contributed by atoms with Gasteiger partial charge in [0.05, 0.1) is 21.2 Å². The van der Waals surface area contributed by atoms with E-state index in [1.807, 2.05) is 0 Å². The van der Waals surface area contributed by atoms with Crippen molar-refractivity contribution in [3.05, 3.63) is 70.8 Å². The van der Waals surface area contributed by atoms with E-state index in [1.165, 1.54) is 0 Å². The number of hydrogen-bond acceptors (Lipinski definition) is 10. The minimum Gasteiger partial charge on any atom is -0.872 e. The smallest absolute Gasteiger partial charge is 0.872 e. The Morgan fingerprint density at radius 2 is 0.930 bits per heavy atom. The van der Waals surface area contributed by atoms with E-state index in [2.05, 4.69) is 9.98 Å². The molecule has 3 aromatic rings. The van der Waals surface area contributed by atoms with Gasteiger partial charge in [-0.1, -0.05) is 65.2 Å². The third kappa shape index (κ3) is 10.8. The van der Waals surface area contributed by atoms with Gasteiger partial charge in [-0.3, -0.25) is 9.98 Å². The van der Waals surface area contributed by atoms with Crippen molar-refractivity contribution < 1.29 is 112 Å². The zero-order valence-electron chi connectivity index (χ0n) is 25.1. The summed E-state index contributed by atoms with van der Waals surface area (Å²) >= 11 is 0. The van der Waals surface area contributed by atoms with Gasteiger partial charge in [0.1, 0.15) is 20.2 Å². The average Bonchev–Trinajstić information content (AvgIpc) is 2.80. The fourth-order valence-corrected chi connectivity index (χ4v) is 4.87. The molecule has 0 atom stereocenters. The number of hydrogen-bond donors (Lipinski definition) is 0. The summed E-state index contributed by atoms with van der Waals surface area (Å²) in [7, 11) is -9.71. The van der Waals surface area contributed by atoms with Crippen molar-refractivity contribution >= 4 is 44.0 Å². The molecule has 0 heterocycles. The zero-order valence-corrected chi connectivity index (χ0v) is 31.6. The molecule has 0 aliphatic rings. The Hall–Kier alpha value is -1.06. The maximum Gasteiger partial charge on any atom is 2.00 e. The second kappa shape index (κ2) is 15.5. The molecule has 3 aromatic carbocycles. The summed E-state index contributed by atoms with van der Waals surface area (Å²) in [5.41, 5.74) is -1.04. The summed E-state index contributed by atoms with van der Waals surface area (Å²) in [4.78, 5) is 7.43. The number of para-hydroxylation sites is 2. The van der Waals surface area contributed by atoms with E-state index in [1.54, 1.807) is 65.8 Å². The second-order valence-corrected chi connectivity index (χ2v) is 14.0. The summed E-state index contributed by atoms with van der Waals surface area (Å²) < 4.78 is 70.3.